The van der Waals surface area contributed by atoms with Crippen molar-refractivity contribution < 1.29 is 14.3 Å². The van der Waals surface area contributed by atoms with Crippen molar-refractivity contribution in [1.82, 2.24) is 9.88 Å². The van der Waals surface area contributed by atoms with E-state index in [1.165, 1.54) is 0 Å². The lowest BCUT2D eigenvalue weighted by atomic mass is 10.1. The lowest BCUT2D eigenvalue weighted by Gasteiger charge is -2.32. The molecule has 1 fully saturated rings. The van der Waals surface area contributed by atoms with Gasteiger partial charge in [0, 0.05) is 25.2 Å². The number of anilines is 2. The Morgan fingerprint density at radius 2 is 2.19 bits per heavy atom. The molecule has 3 N–H and O–H groups in total. The van der Waals surface area contributed by atoms with E-state index in [2.05, 4.69) is 10.3 Å². The minimum absolute atomic E-state index is 0.234. The number of carbonyl (C=O) groups is 1. The van der Waals surface area contributed by atoms with Crippen LogP contribution in [0.15, 0.2) is 12.1 Å². The number of nitrogens with two attached hydrogens (primary N) is 1. The summed E-state index contributed by atoms with van der Waals surface area (Å²) in [7, 11) is 1.57. The van der Waals surface area contributed by atoms with E-state index >= 15 is 0 Å². The number of piperidine rings is 1. The van der Waals surface area contributed by atoms with Gasteiger partial charge >= 0.3 is 6.09 Å². The minimum Gasteiger partial charge on any atom is -0.481 e. The predicted molar refractivity (Wildman–Crippen MR) is 80.4 cm³/mol. The highest BCUT2D eigenvalue weighted by Gasteiger charge is 2.24. The Morgan fingerprint density at radius 1 is 1.48 bits per heavy atom. The molecule has 1 aliphatic rings. The Morgan fingerprint density at radius 3 is 2.81 bits per heavy atom. The number of rotatable bonds is 4. The summed E-state index contributed by atoms with van der Waals surface area (Å²) >= 11 is 0. The average Bonchev–Trinajstić information content (AvgIpc) is 2.50. The number of hydrogen-bond acceptors (Lipinski definition) is 6. The summed E-state index contributed by atoms with van der Waals surface area (Å²) < 4.78 is 10.1. The third-order valence-electron chi connectivity index (χ3n) is 3.47. The first-order valence-corrected chi connectivity index (χ1v) is 7.12. The molecular formula is C14H22N4O3. The summed E-state index contributed by atoms with van der Waals surface area (Å²) in [5.41, 5.74) is 6.50. The number of pyridine rings is 1. The van der Waals surface area contributed by atoms with Crippen molar-refractivity contribution in [2.24, 2.45) is 0 Å². The zero-order chi connectivity index (χ0) is 15.2. The zero-order valence-corrected chi connectivity index (χ0v) is 12.5. The van der Waals surface area contributed by atoms with Gasteiger partial charge in [-0.1, -0.05) is 0 Å². The second-order valence-corrected chi connectivity index (χ2v) is 4.90. The Labute approximate surface area is 124 Å². The summed E-state index contributed by atoms with van der Waals surface area (Å²) in [4.78, 5) is 17.7. The van der Waals surface area contributed by atoms with Crippen LogP contribution >= 0.6 is 0 Å². The van der Waals surface area contributed by atoms with Crippen molar-refractivity contribution >= 4 is 17.6 Å². The second-order valence-electron chi connectivity index (χ2n) is 4.90. The van der Waals surface area contributed by atoms with Gasteiger partial charge in [0.1, 0.15) is 0 Å². The van der Waals surface area contributed by atoms with Crippen molar-refractivity contribution in [3.63, 3.8) is 0 Å². The highest BCUT2D eigenvalue weighted by molar-refractivity contribution is 5.68. The lowest BCUT2D eigenvalue weighted by molar-refractivity contribution is 0.0983. The molecule has 7 nitrogen and oxygen atoms in total. The number of nitrogen functional groups attached to an aromatic ring is 1. The monoisotopic (exact) mass is 294 g/mol. The summed E-state index contributed by atoms with van der Waals surface area (Å²) in [5, 5.41) is 3.32. The van der Waals surface area contributed by atoms with Crippen LogP contribution in [-0.2, 0) is 4.74 Å². The number of amides is 1. The number of aromatic nitrogens is 1. The molecule has 1 aromatic heterocycles. The normalized spacial score (nSPS) is 15.6. The maximum atomic E-state index is 11.6. The Hall–Kier alpha value is -2.18. The van der Waals surface area contributed by atoms with Gasteiger partial charge in [-0.25, -0.2) is 4.79 Å². The first-order valence-electron chi connectivity index (χ1n) is 7.12. The van der Waals surface area contributed by atoms with Gasteiger partial charge in [0.05, 0.1) is 19.4 Å². The van der Waals surface area contributed by atoms with E-state index in [4.69, 9.17) is 15.2 Å². The molecule has 1 aromatic rings. The molecular weight excluding hydrogens is 272 g/mol. The maximum Gasteiger partial charge on any atom is 0.409 e. The van der Waals surface area contributed by atoms with E-state index in [9.17, 15) is 4.79 Å². The molecule has 116 valence electrons. The number of nitrogens with zero attached hydrogens (tertiary/aromatic N) is 2. The van der Waals surface area contributed by atoms with Gasteiger partial charge in [-0.15, -0.1) is 0 Å². The fourth-order valence-electron chi connectivity index (χ4n) is 2.30. The van der Waals surface area contributed by atoms with E-state index in [-0.39, 0.29) is 12.1 Å². The quantitative estimate of drug-likeness (QED) is 0.878. The minimum atomic E-state index is -0.241. The van der Waals surface area contributed by atoms with Crippen LogP contribution in [0, 0.1) is 0 Å². The first-order chi connectivity index (χ1) is 10.1. The summed E-state index contributed by atoms with van der Waals surface area (Å²) in [6.45, 7) is 3.55. The van der Waals surface area contributed by atoms with Gasteiger partial charge in [0.25, 0.3) is 0 Å². The van der Waals surface area contributed by atoms with Crippen molar-refractivity contribution in [3.8, 4) is 5.88 Å². The van der Waals surface area contributed by atoms with Gasteiger partial charge in [-0.2, -0.15) is 4.98 Å². The molecule has 0 aliphatic carbocycles. The third-order valence-corrected chi connectivity index (χ3v) is 3.47. The second kappa shape index (κ2) is 7.01. The third kappa shape index (κ3) is 3.90. The van der Waals surface area contributed by atoms with Gasteiger partial charge < -0.3 is 25.4 Å². The largest absolute Gasteiger partial charge is 0.481 e. The van der Waals surface area contributed by atoms with Crippen LogP contribution < -0.4 is 15.8 Å². The molecule has 0 radical (unpaired) electrons. The van der Waals surface area contributed by atoms with E-state index < -0.39 is 0 Å². The van der Waals surface area contributed by atoms with Crippen LogP contribution in [-0.4, -0.2) is 48.8 Å². The Kier molecular flexibility index (Phi) is 5.08. The number of nitrogens with one attached hydrogen (secondary N) is 1. The van der Waals surface area contributed by atoms with Crippen LogP contribution in [0.4, 0.5) is 16.3 Å². The zero-order valence-electron chi connectivity index (χ0n) is 12.5. The van der Waals surface area contributed by atoms with Crippen molar-refractivity contribution in [1.29, 1.82) is 0 Å². The van der Waals surface area contributed by atoms with Gasteiger partial charge in [-0.05, 0) is 25.8 Å². The van der Waals surface area contributed by atoms with Crippen LogP contribution in [0.1, 0.15) is 19.8 Å². The molecule has 0 spiro atoms. The number of hydrogen-bond donors (Lipinski definition) is 2. The SMILES string of the molecule is CCOC(=O)N1CCC(Nc2nc(OC)ccc2N)CC1. The van der Waals surface area contributed by atoms with Crippen LogP contribution in [0.2, 0.25) is 0 Å². The predicted octanol–water partition coefficient (Wildman–Crippen LogP) is 1.71. The molecule has 0 aromatic carbocycles. The summed E-state index contributed by atoms with van der Waals surface area (Å²) in [6.07, 6.45) is 1.42. The standard InChI is InChI=1S/C14H22N4O3/c1-3-21-14(19)18-8-6-10(7-9-18)16-13-11(15)4-5-12(17-13)20-2/h4-5,10H,3,6-9,15H2,1-2H3,(H,16,17). The highest BCUT2D eigenvalue weighted by Crippen LogP contribution is 2.23. The Balaban J connectivity index is 1.90. The molecule has 0 unspecified atom stereocenters. The lowest BCUT2D eigenvalue weighted by Crippen LogP contribution is -2.42. The summed E-state index contributed by atoms with van der Waals surface area (Å²) in [5.74, 6) is 1.15. The van der Waals surface area contributed by atoms with Crippen molar-refractivity contribution in [2.75, 3.05) is 37.9 Å². The van der Waals surface area contributed by atoms with E-state index in [0.29, 0.717) is 37.1 Å². The molecule has 0 bridgehead atoms. The Bertz CT molecular complexity index is 487. The van der Waals surface area contributed by atoms with Crippen LogP contribution in [0.3, 0.4) is 0 Å². The molecule has 7 heteroatoms. The number of methoxy groups -OCH3 is 1. The van der Waals surface area contributed by atoms with Crippen molar-refractivity contribution in [2.45, 2.75) is 25.8 Å². The van der Waals surface area contributed by atoms with Crippen LogP contribution in [0.25, 0.3) is 0 Å². The molecule has 1 amide bonds. The maximum absolute atomic E-state index is 11.6. The van der Waals surface area contributed by atoms with E-state index in [0.717, 1.165) is 12.8 Å². The van der Waals surface area contributed by atoms with E-state index in [1.807, 2.05) is 6.92 Å². The van der Waals surface area contributed by atoms with E-state index in [1.54, 1.807) is 24.1 Å². The highest BCUT2D eigenvalue weighted by atomic mass is 16.6. The smallest absolute Gasteiger partial charge is 0.409 e. The average molecular weight is 294 g/mol. The molecule has 21 heavy (non-hydrogen) atoms. The van der Waals surface area contributed by atoms with Crippen LogP contribution in [0.5, 0.6) is 5.88 Å². The number of likely N-dealkylation sites (tertiary alicyclic amines) is 1. The van der Waals surface area contributed by atoms with Gasteiger partial charge in [0.2, 0.25) is 5.88 Å². The fraction of sp³-hybridized carbons (Fsp3) is 0.571. The van der Waals surface area contributed by atoms with Crippen molar-refractivity contribution in [3.05, 3.63) is 12.1 Å². The number of carbonyl (C=O) groups excluding carboxylic acids is 1. The molecule has 0 atom stereocenters. The number of ether oxygens (including phenoxy) is 2. The van der Waals surface area contributed by atoms with Gasteiger partial charge in [-0.3, -0.25) is 0 Å². The molecule has 2 rings (SSSR count). The molecule has 1 saturated heterocycles. The fourth-order valence-corrected chi connectivity index (χ4v) is 2.30. The van der Waals surface area contributed by atoms with Gasteiger partial charge in [0.15, 0.2) is 5.82 Å². The first kappa shape index (κ1) is 15.2. The summed E-state index contributed by atoms with van der Waals surface area (Å²) in [6, 6.07) is 3.73. The molecule has 2 heterocycles. The topological polar surface area (TPSA) is 89.7 Å². The molecule has 0 saturated carbocycles. The molecule has 1 aliphatic heterocycles.